The number of nitrogens with one attached hydrogen (secondary N) is 2. The van der Waals surface area contributed by atoms with E-state index < -0.39 is 11.9 Å². The van der Waals surface area contributed by atoms with Gasteiger partial charge in [0.1, 0.15) is 6.54 Å². The summed E-state index contributed by atoms with van der Waals surface area (Å²) in [6.45, 7) is 4.78. The molecule has 0 aliphatic carbocycles. The molecule has 0 saturated carbocycles. The van der Waals surface area contributed by atoms with E-state index in [0.717, 1.165) is 44.5 Å². The lowest BCUT2D eigenvalue weighted by molar-refractivity contribution is -0.900. The maximum absolute atomic E-state index is 12.3. The van der Waals surface area contributed by atoms with Gasteiger partial charge < -0.3 is 30.1 Å². The maximum atomic E-state index is 12.3. The van der Waals surface area contributed by atoms with Crippen LogP contribution in [0.1, 0.15) is 5.56 Å². The monoisotopic (exact) mass is 395 g/mol. The zero-order valence-electron chi connectivity index (χ0n) is 16.1. The van der Waals surface area contributed by atoms with E-state index in [1.165, 1.54) is 4.90 Å². The Kier molecular flexibility index (Phi) is 6.99. The number of anilines is 2. The highest BCUT2D eigenvalue weighted by molar-refractivity contribution is 6.21. The Morgan fingerprint density at radius 1 is 1.07 bits per heavy atom. The van der Waals surface area contributed by atoms with E-state index in [1.807, 2.05) is 12.1 Å². The summed E-state index contributed by atoms with van der Waals surface area (Å²) in [5.74, 6) is -1.92. The molecule has 1 saturated heterocycles. The van der Waals surface area contributed by atoms with E-state index in [9.17, 15) is 14.7 Å². The molecule has 1 fully saturated rings. The highest BCUT2D eigenvalue weighted by Crippen LogP contribution is 2.19. The number of carboxylic acids is 1. The number of piperazine rings is 1. The van der Waals surface area contributed by atoms with Crippen LogP contribution in [-0.2, 0) is 9.59 Å². The van der Waals surface area contributed by atoms with Crippen LogP contribution in [0.5, 0.6) is 0 Å². The number of aliphatic hydroxyl groups is 1. The topological polar surface area (TPSA) is 97.1 Å². The van der Waals surface area contributed by atoms with Crippen molar-refractivity contribution >= 4 is 28.8 Å². The normalized spacial score (nSPS) is 15.2. The quantitative estimate of drug-likeness (QED) is 0.531. The van der Waals surface area contributed by atoms with Crippen LogP contribution >= 0.6 is 0 Å². The minimum atomic E-state index is -1.40. The van der Waals surface area contributed by atoms with Crippen LogP contribution in [0, 0.1) is 0 Å². The number of hydrogen-bond donors (Lipinski definition) is 3. The number of amides is 1. The van der Waals surface area contributed by atoms with Crippen molar-refractivity contribution in [2.45, 2.75) is 0 Å². The van der Waals surface area contributed by atoms with Gasteiger partial charge in [-0.05, 0) is 29.8 Å². The maximum Gasteiger partial charge on any atom is 0.249 e. The second kappa shape index (κ2) is 9.86. The highest BCUT2D eigenvalue weighted by Gasteiger charge is 2.19. The zero-order chi connectivity index (χ0) is 20.6. The summed E-state index contributed by atoms with van der Waals surface area (Å²) in [6.07, 6.45) is 1.04. The van der Waals surface area contributed by atoms with Gasteiger partial charge in [0, 0.05) is 23.0 Å². The third kappa shape index (κ3) is 5.66. The number of rotatable bonds is 7. The van der Waals surface area contributed by atoms with E-state index in [1.54, 1.807) is 42.5 Å². The molecule has 7 heteroatoms. The van der Waals surface area contributed by atoms with E-state index in [-0.39, 0.29) is 12.2 Å². The number of carboxylic acid groups (broad SMARTS) is 1. The van der Waals surface area contributed by atoms with Gasteiger partial charge in [-0.3, -0.25) is 4.79 Å². The summed E-state index contributed by atoms with van der Waals surface area (Å²) in [5, 5.41) is 23.1. The Morgan fingerprint density at radius 3 is 2.31 bits per heavy atom. The lowest BCUT2D eigenvalue weighted by Gasteiger charge is -2.33. The molecule has 0 spiro atoms. The Morgan fingerprint density at radius 2 is 1.72 bits per heavy atom. The van der Waals surface area contributed by atoms with Crippen LogP contribution in [0.3, 0.4) is 0 Å². The first-order chi connectivity index (χ1) is 14.1. The fourth-order valence-corrected chi connectivity index (χ4v) is 3.43. The molecule has 0 aromatic heterocycles. The van der Waals surface area contributed by atoms with Gasteiger partial charge in [-0.15, -0.1) is 0 Å². The number of aliphatic hydroxyl groups excluding tert-OH is 1. The Bertz CT molecular complexity index is 857. The fourth-order valence-electron chi connectivity index (χ4n) is 3.43. The first kappa shape index (κ1) is 20.6. The first-order valence-corrected chi connectivity index (χ1v) is 9.65. The number of carbonyl (C=O) groups excluding carboxylic acids is 2. The van der Waals surface area contributed by atoms with Crippen molar-refractivity contribution in [1.82, 2.24) is 0 Å². The zero-order valence-corrected chi connectivity index (χ0v) is 16.1. The molecule has 29 heavy (non-hydrogen) atoms. The summed E-state index contributed by atoms with van der Waals surface area (Å²) >= 11 is 0. The van der Waals surface area contributed by atoms with Crippen LogP contribution < -0.4 is 20.2 Å². The number of nitrogens with zero attached hydrogens (tertiary/aromatic N) is 1. The van der Waals surface area contributed by atoms with E-state index >= 15 is 0 Å². The molecular formula is C22H25N3O4. The summed E-state index contributed by atoms with van der Waals surface area (Å²) in [6, 6.07) is 15.9. The predicted octanol–water partition coefficient (Wildman–Crippen LogP) is -0.844. The highest BCUT2D eigenvalue weighted by atomic mass is 16.4. The van der Waals surface area contributed by atoms with Crippen molar-refractivity contribution in [3.8, 4) is 0 Å². The Balaban J connectivity index is 1.62. The molecule has 1 aliphatic rings. The average Bonchev–Trinajstić information content (AvgIpc) is 2.74. The fraction of sp³-hybridized carbons (Fsp3) is 0.273. The van der Waals surface area contributed by atoms with Crippen molar-refractivity contribution in [3.05, 3.63) is 66.2 Å². The van der Waals surface area contributed by atoms with Crippen molar-refractivity contribution in [2.75, 3.05) is 49.5 Å². The van der Waals surface area contributed by atoms with Gasteiger partial charge in [0.15, 0.2) is 0 Å². The third-order valence-corrected chi connectivity index (χ3v) is 5.02. The van der Waals surface area contributed by atoms with Gasteiger partial charge in [-0.25, -0.2) is 0 Å². The molecule has 2 aromatic rings. The molecule has 7 nitrogen and oxygen atoms in total. The van der Waals surface area contributed by atoms with Crippen LogP contribution in [0.15, 0.2) is 60.7 Å². The molecule has 1 amide bonds. The Hall–Kier alpha value is -3.16. The van der Waals surface area contributed by atoms with Crippen molar-refractivity contribution in [3.63, 3.8) is 0 Å². The summed E-state index contributed by atoms with van der Waals surface area (Å²) < 4.78 is 0. The van der Waals surface area contributed by atoms with Gasteiger partial charge in [-0.2, -0.15) is 0 Å². The van der Waals surface area contributed by atoms with E-state index in [4.69, 9.17) is 5.11 Å². The molecule has 3 N–H and O–H groups in total. The van der Waals surface area contributed by atoms with Gasteiger partial charge >= 0.3 is 0 Å². The van der Waals surface area contributed by atoms with Crippen molar-refractivity contribution in [2.24, 2.45) is 0 Å². The SMILES string of the molecule is O=C(/C=C(/C(=O)[O-])c1ccccc1)Nc1ccc(N2CC[NH+](CCO)CC2)cc1. The average molecular weight is 395 g/mol. The molecule has 1 heterocycles. The molecule has 152 valence electrons. The summed E-state index contributed by atoms with van der Waals surface area (Å²) in [4.78, 5) is 27.3. The molecule has 0 atom stereocenters. The molecule has 2 aromatic carbocycles. The minimum absolute atomic E-state index is 0.164. The number of benzene rings is 2. The summed E-state index contributed by atoms with van der Waals surface area (Å²) in [7, 11) is 0. The second-order valence-electron chi connectivity index (χ2n) is 6.96. The van der Waals surface area contributed by atoms with Gasteiger partial charge in [0.25, 0.3) is 0 Å². The third-order valence-electron chi connectivity index (χ3n) is 5.02. The molecule has 0 unspecified atom stereocenters. The number of hydrogen-bond acceptors (Lipinski definition) is 5. The lowest BCUT2D eigenvalue weighted by Crippen LogP contribution is -3.15. The van der Waals surface area contributed by atoms with Crippen molar-refractivity contribution in [1.29, 1.82) is 0 Å². The Labute approximate surface area is 169 Å². The minimum Gasteiger partial charge on any atom is -0.545 e. The molecule has 1 aliphatic heterocycles. The second-order valence-corrected chi connectivity index (χ2v) is 6.96. The molecular weight excluding hydrogens is 370 g/mol. The van der Waals surface area contributed by atoms with Crippen molar-refractivity contribution < 1.29 is 24.7 Å². The van der Waals surface area contributed by atoms with Gasteiger partial charge in [-0.1, -0.05) is 30.3 Å². The first-order valence-electron chi connectivity index (χ1n) is 9.65. The van der Waals surface area contributed by atoms with Crippen LogP contribution in [0.25, 0.3) is 5.57 Å². The van der Waals surface area contributed by atoms with E-state index in [2.05, 4.69) is 10.2 Å². The molecule has 0 radical (unpaired) electrons. The summed E-state index contributed by atoms with van der Waals surface area (Å²) in [5.41, 5.74) is 1.91. The molecule has 0 bridgehead atoms. The van der Waals surface area contributed by atoms with Gasteiger partial charge in [0.2, 0.25) is 5.91 Å². The smallest absolute Gasteiger partial charge is 0.249 e. The lowest BCUT2D eigenvalue weighted by atomic mass is 10.1. The number of aliphatic carboxylic acids is 1. The predicted molar refractivity (Wildman–Crippen MR) is 109 cm³/mol. The van der Waals surface area contributed by atoms with Crippen LogP contribution in [-0.4, -0.2) is 56.3 Å². The van der Waals surface area contributed by atoms with Crippen LogP contribution in [0.4, 0.5) is 11.4 Å². The number of carbonyl (C=O) groups is 2. The van der Waals surface area contributed by atoms with Gasteiger partial charge in [0.05, 0.1) is 38.8 Å². The van der Waals surface area contributed by atoms with Crippen LogP contribution in [0.2, 0.25) is 0 Å². The molecule has 3 rings (SSSR count). The number of quaternary nitrogens is 1. The van der Waals surface area contributed by atoms with E-state index in [0.29, 0.717) is 11.3 Å². The standard InChI is InChI=1S/C22H25N3O4/c26-15-14-24-10-12-25(13-11-24)19-8-6-18(7-9-19)23-21(27)16-20(22(28)29)17-4-2-1-3-5-17/h1-9,16,26H,10-15H2,(H,23,27)(H,28,29)/b20-16+. The largest absolute Gasteiger partial charge is 0.545 e.